The fraction of sp³-hybridized carbons (Fsp3) is 0.652. The van der Waals surface area contributed by atoms with Gasteiger partial charge in [-0.15, -0.1) is 0 Å². The number of hydrogen-bond donors (Lipinski definition) is 2. The molecule has 0 radical (unpaired) electrons. The Balaban J connectivity index is 1.70. The molecule has 6 nitrogen and oxygen atoms in total. The van der Waals surface area contributed by atoms with Gasteiger partial charge in [0.2, 0.25) is 5.91 Å². The first kappa shape index (κ1) is 23.2. The minimum absolute atomic E-state index is 0.229. The number of unbranched alkanes of at least 4 members (excludes halogenated alkanes) is 4. The standard InChI is InChI=1S/C23H39N5O/c1-4-24-23(25-16-8-6-5-7-9-17-27(2)3)26-19-20-12-14-21(15-13-20)28-18-10-11-22(28)29/h12-15H,4-11,16-19H2,1-3H3,(H2,24,25,26). The number of guanidine groups is 1. The van der Waals surface area contributed by atoms with Gasteiger partial charge in [0, 0.05) is 31.7 Å². The van der Waals surface area contributed by atoms with Crippen LogP contribution in [0.4, 0.5) is 5.69 Å². The number of aliphatic imine (C=N–C) groups is 1. The zero-order chi connectivity index (χ0) is 20.9. The van der Waals surface area contributed by atoms with Crippen LogP contribution < -0.4 is 15.5 Å². The van der Waals surface area contributed by atoms with Crippen molar-refractivity contribution in [1.82, 2.24) is 15.5 Å². The van der Waals surface area contributed by atoms with Crippen molar-refractivity contribution in [2.75, 3.05) is 45.2 Å². The van der Waals surface area contributed by atoms with Crippen LogP contribution in [0, 0.1) is 0 Å². The van der Waals surface area contributed by atoms with Crippen molar-refractivity contribution in [1.29, 1.82) is 0 Å². The monoisotopic (exact) mass is 401 g/mol. The Morgan fingerprint density at radius 1 is 1.07 bits per heavy atom. The van der Waals surface area contributed by atoms with Gasteiger partial charge >= 0.3 is 0 Å². The third-order valence-corrected chi connectivity index (χ3v) is 5.16. The molecular weight excluding hydrogens is 362 g/mol. The Labute approximate surface area is 176 Å². The molecule has 0 aromatic heterocycles. The molecule has 2 N–H and O–H groups in total. The van der Waals surface area contributed by atoms with Crippen LogP contribution in [-0.4, -0.2) is 57.0 Å². The molecule has 1 aliphatic rings. The lowest BCUT2D eigenvalue weighted by Gasteiger charge is -2.16. The Kier molecular flexibility index (Phi) is 10.6. The first-order chi connectivity index (χ1) is 14.1. The summed E-state index contributed by atoms with van der Waals surface area (Å²) in [5, 5.41) is 6.76. The van der Waals surface area contributed by atoms with Gasteiger partial charge in [0.1, 0.15) is 0 Å². The molecule has 0 atom stereocenters. The maximum Gasteiger partial charge on any atom is 0.227 e. The Morgan fingerprint density at radius 2 is 1.79 bits per heavy atom. The minimum atomic E-state index is 0.229. The highest BCUT2D eigenvalue weighted by molar-refractivity contribution is 5.95. The van der Waals surface area contributed by atoms with E-state index < -0.39 is 0 Å². The maximum absolute atomic E-state index is 11.9. The molecule has 1 aromatic rings. The summed E-state index contributed by atoms with van der Waals surface area (Å²) in [6.45, 7) is 6.55. The van der Waals surface area contributed by atoms with Crippen molar-refractivity contribution in [3.63, 3.8) is 0 Å². The normalized spacial score (nSPS) is 14.7. The predicted octanol–water partition coefficient (Wildman–Crippen LogP) is 3.38. The minimum Gasteiger partial charge on any atom is -0.357 e. The van der Waals surface area contributed by atoms with Gasteiger partial charge in [0.15, 0.2) is 5.96 Å². The summed E-state index contributed by atoms with van der Waals surface area (Å²) in [5.74, 6) is 1.10. The van der Waals surface area contributed by atoms with Crippen molar-refractivity contribution < 1.29 is 4.79 Å². The molecule has 1 fully saturated rings. The van der Waals surface area contributed by atoms with E-state index in [1.165, 1.54) is 38.6 Å². The molecule has 29 heavy (non-hydrogen) atoms. The van der Waals surface area contributed by atoms with E-state index in [0.717, 1.165) is 43.3 Å². The molecule has 0 saturated carbocycles. The van der Waals surface area contributed by atoms with E-state index in [9.17, 15) is 4.79 Å². The van der Waals surface area contributed by atoms with Crippen LogP contribution >= 0.6 is 0 Å². The first-order valence-corrected chi connectivity index (χ1v) is 11.2. The van der Waals surface area contributed by atoms with E-state index in [-0.39, 0.29) is 5.91 Å². The number of carbonyl (C=O) groups excluding carboxylic acids is 1. The molecule has 1 saturated heterocycles. The van der Waals surface area contributed by atoms with Crippen LogP contribution in [0.15, 0.2) is 29.3 Å². The number of carbonyl (C=O) groups is 1. The molecular formula is C23H39N5O. The van der Waals surface area contributed by atoms with Crippen molar-refractivity contribution in [3.05, 3.63) is 29.8 Å². The van der Waals surface area contributed by atoms with E-state index in [2.05, 4.69) is 48.7 Å². The van der Waals surface area contributed by atoms with Gasteiger partial charge in [-0.25, -0.2) is 4.99 Å². The quantitative estimate of drug-likeness (QED) is 0.320. The van der Waals surface area contributed by atoms with E-state index in [4.69, 9.17) is 4.99 Å². The van der Waals surface area contributed by atoms with Crippen LogP contribution in [0.25, 0.3) is 0 Å². The summed E-state index contributed by atoms with van der Waals surface area (Å²) in [4.78, 5) is 20.7. The zero-order valence-corrected chi connectivity index (χ0v) is 18.5. The highest BCUT2D eigenvalue weighted by Gasteiger charge is 2.21. The Morgan fingerprint density at radius 3 is 2.45 bits per heavy atom. The van der Waals surface area contributed by atoms with Crippen molar-refractivity contribution in [2.45, 2.75) is 58.4 Å². The predicted molar refractivity (Wildman–Crippen MR) is 122 cm³/mol. The summed E-state index contributed by atoms with van der Waals surface area (Å²) in [7, 11) is 4.27. The Bertz CT molecular complexity index is 627. The average Bonchev–Trinajstić information content (AvgIpc) is 3.14. The molecule has 1 aromatic carbocycles. The van der Waals surface area contributed by atoms with Gasteiger partial charge in [-0.2, -0.15) is 0 Å². The smallest absolute Gasteiger partial charge is 0.227 e. The van der Waals surface area contributed by atoms with Crippen LogP contribution in [0.2, 0.25) is 0 Å². The number of benzene rings is 1. The fourth-order valence-electron chi connectivity index (χ4n) is 3.50. The van der Waals surface area contributed by atoms with Gasteiger partial charge < -0.3 is 20.4 Å². The van der Waals surface area contributed by atoms with Gasteiger partial charge in [-0.05, 0) is 64.5 Å². The third-order valence-electron chi connectivity index (χ3n) is 5.16. The van der Waals surface area contributed by atoms with E-state index in [1.54, 1.807) is 0 Å². The second-order valence-electron chi connectivity index (χ2n) is 8.01. The second kappa shape index (κ2) is 13.2. The lowest BCUT2D eigenvalue weighted by atomic mass is 10.1. The van der Waals surface area contributed by atoms with Gasteiger partial charge in [-0.3, -0.25) is 4.79 Å². The van der Waals surface area contributed by atoms with E-state index in [0.29, 0.717) is 13.0 Å². The number of hydrogen-bond acceptors (Lipinski definition) is 3. The highest BCUT2D eigenvalue weighted by atomic mass is 16.2. The number of rotatable bonds is 12. The highest BCUT2D eigenvalue weighted by Crippen LogP contribution is 2.21. The molecule has 2 rings (SSSR count). The molecule has 6 heteroatoms. The topological polar surface area (TPSA) is 60.0 Å². The van der Waals surface area contributed by atoms with Crippen LogP contribution in [-0.2, 0) is 11.3 Å². The van der Waals surface area contributed by atoms with Crippen molar-refractivity contribution in [3.8, 4) is 0 Å². The SMILES string of the molecule is CCNC(=NCc1ccc(N2CCCC2=O)cc1)NCCCCCCCN(C)C. The second-order valence-corrected chi connectivity index (χ2v) is 8.01. The summed E-state index contributed by atoms with van der Waals surface area (Å²) in [6, 6.07) is 8.21. The number of nitrogens with one attached hydrogen (secondary N) is 2. The molecule has 0 spiro atoms. The van der Waals surface area contributed by atoms with Crippen LogP contribution in [0.3, 0.4) is 0 Å². The number of nitrogens with zero attached hydrogens (tertiary/aromatic N) is 3. The van der Waals surface area contributed by atoms with Gasteiger partial charge in [0.05, 0.1) is 6.54 Å². The molecule has 1 heterocycles. The van der Waals surface area contributed by atoms with Gasteiger partial charge in [0.25, 0.3) is 0 Å². The average molecular weight is 402 g/mol. The van der Waals surface area contributed by atoms with Crippen LogP contribution in [0.5, 0.6) is 0 Å². The lowest BCUT2D eigenvalue weighted by molar-refractivity contribution is -0.117. The van der Waals surface area contributed by atoms with Crippen molar-refractivity contribution >= 4 is 17.6 Å². The molecule has 0 bridgehead atoms. The fourth-order valence-corrected chi connectivity index (χ4v) is 3.50. The van der Waals surface area contributed by atoms with Crippen LogP contribution in [0.1, 0.15) is 57.4 Å². The molecule has 0 unspecified atom stereocenters. The van der Waals surface area contributed by atoms with E-state index in [1.807, 2.05) is 17.0 Å². The maximum atomic E-state index is 11.9. The lowest BCUT2D eigenvalue weighted by Crippen LogP contribution is -2.37. The molecule has 0 aliphatic carbocycles. The summed E-state index contributed by atoms with van der Waals surface area (Å²) < 4.78 is 0. The third kappa shape index (κ3) is 8.86. The summed E-state index contributed by atoms with van der Waals surface area (Å²) >= 11 is 0. The zero-order valence-electron chi connectivity index (χ0n) is 18.5. The Hall–Kier alpha value is -2.08. The van der Waals surface area contributed by atoms with E-state index >= 15 is 0 Å². The first-order valence-electron chi connectivity index (χ1n) is 11.2. The van der Waals surface area contributed by atoms with Crippen molar-refractivity contribution in [2.24, 2.45) is 4.99 Å². The summed E-state index contributed by atoms with van der Waals surface area (Å²) in [6.07, 6.45) is 7.95. The summed E-state index contributed by atoms with van der Waals surface area (Å²) in [5.41, 5.74) is 2.15. The molecule has 1 aliphatic heterocycles. The molecule has 1 amide bonds. The number of amides is 1. The number of anilines is 1. The largest absolute Gasteiger partial charge is 0.357 e. The van der Waals surface area contributed by atoms with Gasteiger partial charge in [-0.1, -0.05) is 31.4 Å². The molecule has 162 valence electrons.